The van der Waals surface area contributed by atoms with Crippen LogP contribution >= 0.6 is 11.3 Å². The summed E-state index contributed by atoms with van der Waals surface area (Å²) in [5, 5.41) is 5.55. The van der Waals surface area contributed by atoms with Crippen LogP contribution in [0.3, 0.4) is 0 Å². The maximum absolute atomic E-state index is 13.7. The molecule has 0 bridgehead atoms. The second kappa shape index (κ2) is 9.84. The minimum absolute atomic E-state index is 0.109. The number of fused-ring (bicyclic) bond motifs is 1. The molecule has 0 aliphatic carbocycles. The summed E-state index contributed by atoms with van der Waals surface area (Å²) >= 11 is 1.08. The van der Waals surface area contributed by atoms with Crippen LogP contribution in [0.5, 0.6) is 0 Å². The van der Waals surface area contributed by atoms with E-state index in [-0.39, 0.29) is 15.6 Å². The Hall–Kier alpha value is -3.54. The van der Waals surface area contributed by atoms with Crippen molar-refractivity contribution in [2.75, 3.05) is 18.1 Å². The second-order valence-corrected chi connectivity index (χ2v) is 11.1. The van der Waals surface area contributed by atoms with Gasteiger partial charge < -0.3 is 0 Å². The van der Waals surface area contributed by atoms with Crippen LogP contribution in [-0.2, 0) is 10.0 Å². The SMILES string of the molecule is O=C(c1ccc(S(=O)(=O)N2CCCC2)cc1)N(/N=C/c1ccc(F)cc1)c1nc2ccc(F)cc2s1. The van der Waals surface area contributed by atoms with E-state index in [1.807, 2.05) is 0 Å². The lowest BCUT2D eigenvalue weighted by Gasteiger charge is -2.16. The quantitative estimate of drug-likeness (QED) is 0.260. The number of nitrogens with zero attached hydrogens (tertiary/aromatic N) is 4. The van der Waals surface area contributed by atoms with Crippen molar-refractivity contribution in [1.82, 2.24) is 9.29 Å². The monoisotopic (exact) mass is 526 g/mol. The Bertz CT molecular complexity index is 1550. The number of hydrogen-bond acceptors (Lipinski definition) is 6. The van der Waals surface area contributed by atoms with Crippen LogP contribution < -0.4 is 5.01 Å². The molecule has 5 rings (SSSR count). The molecule has 36 heavy (non-hydrogen) atoms. The van der Waals surface area contributed by atoms with Gasteiger partial charge in [0.15, 0.2) is 0 Å². The van der Waals surface area contributed by atoms with E-state index in [4.69, 9.17) is 0 Å². The zero-order valence-electron chi connectivity index (χ0n) is 18.8. The lowest BCUT2D eigenvalue weighted by molar-refractivity contribution is 0.0987. The molecule has 3 aromatic carbocycles. The van der Waals surface area contributed by atoms with E-state index in [0.29, 0.717) is 28.9 Å². The standard InChI is InChI=1S/C25H20F2N4O3S2/c26-19-7-3-17(4-8-19)16-28-31(25-29-22-12-9-20(27)15-23(22)35-25)24(32)18-5-10-21(11-6-18)36(33,34)30-13-1-2-14-30/h3-12,15-16H,1-2,13-14H2/b28-16+. The zero-order chi connectivity index (χ0) is 25.3. The van der Waals surface area contributed by atoms with Crippen LogP contribution in [-0.4, -0.2) is 42.9 Å². The van der Waals surface area contributed by atoms with Crippen LogP contribution in [0.1, 0.15) is 28.8 Å². The van der Waals surface area contributed by atoms with Crippen LogP contribution in [0, 0.1) is 11.6 Å². The number of sulfonamides is 1. The molecule has 0 atom stereocenters. The molecular weight excluding hydrogens is 506 g/mol. The predicted molar refractivity (Wildman–Crippen MR) is 135 cm³/mol. The number of rotatable bonds is 6. The number of carbonyl (C=O) groups is 1. The summed E-state index contributed by atoms with van der Waals surface area (Å²) in [6, 6.07) is 15.3. The lowest BCUT2D eigenvalue weighted by atomic mass is 10.2. The molecule has 1 aliphatic heterocycles. The first-order valence-electron chi connectivity index (χ1n) is 11.1. The number of thiazole rings is 1. The predicted octanol–water partition coefficient (Wildman–Crippen LogP) is 5.04. The molecule has 184 valence electrons. The van der Waals surface area contributed by atoms with Crippen molar-refractivity contribution in [3.8, 4) is 0 Å². The van der Waals surface area contributed by atoms with Crippen molar-refractivity contribution in [3.63, 3.8) is 0 Å². The smallest absolute Gasteiger partial charge is 0.267 e. The van der Waals surface area contributed by atoms with E-state index < -0.39 is 27.6 Å². The molecule has 0 radical (unpaired) electrons. The zero-order valence-corrected chi connectivity index (χ0v) is 20.5. The lowest BCUT2D eigenvalue weighted by Crippen LogP contribution is -2.28. The summed E-state index contributed by atoms with van der Waals surface area (Å²) in [5.41, 5.74) is 1.24. The number of aromatic nitrogens is 1. The molecule has 0 unspecified atom stereocenters. The second-order valence-electron chi connectivity index (χ2n) is 8.16. The highest BCUT2D eigenvalue weighted by Crippen LogP contribution is 2.31. The van der Waals surface area contributed by atoms with Crippen LogP contribution in [0.25, 0.3) is 10.2 Å². The molecule has 4 aromatic rings. The molecule has 1 saturated heterocycles. The van der Waals surface area contributed by atoms with Crippen molar-refractivity contribution in [2.24, 2.45) is 5.10 Å². The molecule has 0 spiro atoms. The van der Waals surface area contributed by atoms with Gasteiger partial charge in [0.25, 0.3) is 5.91 Å². The highest BCUT2D eigenvalue weighted by atomic mass is 32.2. The average Bonchev–Trinajstić information content (AvgIpc) is 3.56. The van der Waals surface area contributed by atoms with Gasteiger partial charge in [-0.3, -0.25) is 4.79 Å². The first-order valence-corrected chi connectivity index (χ1v) is 13.4. The molecule has 11 heteroatoms. The number of amides is 1. The fraction of sp³-hybridized carbons (Fsp3) is 0.160. The first-order chi connectivity index (χ1) is 17.3. The number of benzene rings is 3. The number of hydrogen-bond donors (Lipinski definition) is 0. The Labute approximate surface area is 210 Å². The Morgan fingerprint density at radius 2 is 1.64 bits per heavy atom. The van der Waals surface area contributed by atoms with E-state index in [0.717, 1.165) is 29.2 Å². The third-order valence-electron chi connectivity index (χ3n) is 5.71. The summed E-state index contributed by atoms with van der Waals surface area (Å²) in [7, 11) is -3.62. The average molecular weight is 527 g/mol. The summed E-state index contributed by atoms with van der Waals surface area (Å²) in [6.45, 7) is 0.959. The van der Waals surface area contributed by atoms with Crippen molar-refractivity contribution < 1.29 is 22.0 Å². The molecule has 1 fully saturated rings. The van der Waals surface area contributed by atoms with Crippen molar-refractivity contribution in [3.05, 3.63) is 89.5 Å². The molecular formula is C25H20F2N4O3S2. The molecule has 7 nitrogen and oxygen atoms in total. The van der Waals surface area contributed by atoms with Gasteiger partial charge in [0.1, 0.15) is 11.6 Å². The van der Waals surface area contributed by atoms with Gasteiger partial charge in [0.05, 0.1) is 21.3 Å². The molecule has 0 N–H and O–H groups in total. The van der Waals surface area contributed by atoms with Gasteiger partial charge in [-0.25, -0.2) is 22.2 Å². The van der Waals surface area contributed by atoms with Crippen molar-refractivity contribution >= 4 is 48.8 Å². The third-order valence-corrected chi connectivity index (χ3v) is 8.62. The molecule has 1 amide bonds. The molecule has 0 saturated carbocycles. The molecule has 1 aliphatic rings. The fourth-order valence-corrected chi connectivity index (χ4v) is 6.27. The maximum atomic E-state index is 13.7. The van der Waals surface area contributed by atoms with Gasteiger partial charge in [0.2, 0.25) is 15.2 Å². The highest BCUT2D eigenvalue weighted by Gasteiger charge is 2.28. The topological polar surface area (TPSA) is 82.9 Å². The van der Waals surface area contributed by atoms with Gasteiger partial charge >= 0.3 is 0 Å². The number of hydrazone groups is 1. The van der Waals surface area contributed by atoms with Gasteiger partial charge in [-0.15, -0.1) is 0 Å². The van der Waals surface area contributed by atoms with E-state index >= 15 is 0 Å². The summed E-state index contributed by atoms with van der Waals surface area (Å²) in [5.74, 6) is -1.39. The Morgan fingerprint density at radius 3 is 2.33 bits per heavy atom. The van der Waals surface area contributed by atoms with E-state index in [1.54, 1.807) is 0 Å². The van der Waals surface area contributed by atoms with Gasteiger partial charge in [0, 0.05) is 18.7 Å². The molecule has 1 aromatic heterocycles. The fourth-order valence-electron chi connectivity index (χ4n) is 3.81. The Morgan fingerprint density at radius 1 is 0.972 bits per heavy atom. The van der Waals surface area contributed by atoms with Gasteiger partial charge in [-0.2, -0.15) is 14.4 Å². The van der Waals surface area contributed by atoms with Crippen LogP contribution in [0.4, 0.5) is 13.9 Å². The summed E-state index contributed by atoms with van der Waals surface area (Å²) < 4.78 is 54.6. The maximum Gasteiger partial charge on any atom is 0.280 e. The van der Waals surface area contributed by atoms with Crippen LogP contribution in [0.2, 0.25) is 0 Å². The highest BCUT2D eigenvalue weighted by molar-refractivity contribution is 7.89. The minimum Gasteiger partial charge on any atom is -0.267 e. The van der Waals surface area contributed by atoms with Crippen molar-refractivity contribution in [1.29, 1.82) is 0 Å². The van der Waals surface area contributed by atoms with Crippen LogP contribution in [0.15, 0.2) is 76.7 Å². The number of halogens is 2. The van der Waals surface area contributed by atoms with Gasteiger partial charge in [-0.1, -0.05) is 23.5 Å². The number of carbonyl (C=O) groups excluding carboxylic acids is 1. The van der Waals surface area contributed by atoms with Gasteiger partial charge in [-0.05, 0) is 73.0 Å². The third kappa shape index (κ3) is 4.90. The van der Waals surface area contributed by atoms with Crippen molar-refractivity contribution in [2.45, 2.75) is 17.7 Å². The first kappa shape index (κ1) is 24.2. The minimum atomic E-state index is -3.62. The largest absolute Gasteiger partial charge is 0.280 e. The molecule has 2 heterocycles. The summed E-state index contributed by atoms with van der Waals surface area (Å²) in [6.07, 6.45) is 3.03. The van der Waals surface area contributed by atoms with E-state index in [2.05, 4.69) is 10.1 Å². The Balaban J connectivity index is 1.49. The summed E-state index contributed by atoms with van der Waals surface area (Å²) in [4.78, 5) is 18.0. The number of anilines is 1. The van der Waals surface area contributed by atoms with E-state index in [1.165, 1.54) is 77.2 Å². The normalized spacial score (nSPS) is 14.6. The van der Waals surface area contributed by atoms with E-state index in [9.17, 15) is 22.0 Å². The Kier molecular flexibility index (Phi) is 6.61.